The van der Waals surface area contributed by atoms with Crippen molar-refractivity contribution in [1.82, 2.24) is 4.90 Å². The fourth-order valence-corrected chi connectivity index (χ4v) is 4.80. The molecule has 4 aliphatic rings. The number of rotatable bonds is 4. The smallest absolute Gasteiger partial charge is 0.312 e. The topological polar surface area (TPSA) is 55.8 Å². The molecule has 5 nitrogen and oxygen atoms in total. The zero-order valence-electron chi connectivity index (χ0n) is 13.7. The highest BCUT2D eigenvalue weighted by Crippen LogP contribution is 2.53. The van der Waals surface area contributed by atoms with E-state index in [1.807, 2.05) is 24.0 Å². The predicted octanol–water partition coefficient (Wildman–Crippen LogP) is 2.05. The van der Waals surface area contributed by atoms with Crippen molar-refractivity contribution in [3.8, 4) is 0 Å². The molecule has 2 saturated heterocycles. The molecule has 4 atom stereocenters. The molecule has 2 bridgehead atoms. The number of nitrogens with zero attached hydrogens (tertiary/aromatic N) is 1. The zero-order valence-corrected chi connectivity index (χ0v) is 13.7. The molecule has 23 heavy (non-hydrogen) atoms. The van der Waals surface area contributed by atoms with Crippen LogP contribution in [-0.4, -0.2) is 47.7 Å². The van der Waals surface area contributed by atoms with E-state index in [4.69, 9.17) is 9.47 Å². The number of esters is 1. The van der Waals surface area contributed by atoms with Crippen LogP contribution in [0.1, 0.15) is 45.4 Å². The van der Waals surface area contributed by atoms with E-state index in [1.165, 1.54) is 19.3 Å². The van der Waals surface area contributed by atoms with Gasteiger partial charge in [-0.1, -0.05) is 38.3 Å². The molecule has 5 heteroatoms. The lowest BCUT2D eigenvalue weighted by Gasteiger charge is -2.32. The highest BCUT2D eigenvalue weighted by atomic mass is 16.6. The maximum atomic E-state index is 13.1. The Labute approximate surface area is 137 Å². The average molecular weight is 319 g/mol. The van der Waals surface area contributed by atoms with Gasteiger partial charge in [0.2, 0.25) is 5.91 Å². The molecule has 0 N–H and O–H groups in total. The molecule has 1 amide bonds. The van der Waals surface area contributed by atoms with Gasteiger partial charge < -0.3 is 14.4 Å². The standard InChI is InChI=1S/C18H25NO4/c1-2-10-22-17(21)14-13-8-9-18(23-13)11-19(16(20)15(14)18)12-6-4-3-5-7-12/h8-9,12-15H,2-7,10-11H2,1H3/t13-,14+,15-,18?/m1/s1. The van der Waals surface area contributed by atoms with Crippen LogP contribution in [0, 0.1) is 11.8 Å². The van der Waals surface area contributed by atoms with Crippen molar-refractivity contribution in [3.05, 3.63) is 12.2 Å². The van der Waals surface area contributed by atoms with Gasteiger partial charge in [-0.3, -0.25) is 9.59 Å². The lowest BCUT2D eigenvalue weighted by Crippen LogP contribution is -2.42. The Balaban J connectivity index is 1.56. The van der Waals surface area contributed by atoms with Gasteiger partial charge in [0, 0.05) is 6.04 Å². The fraction of sp³-hybridized carbons (Fsp3) is 0.778. The molecule has 1 aliphatic carbocycles. The number of fused-ring (bicyclic) bond motifs is 1. The first kappa shape index (κ1) is 15.2. The molecule has 0 radical (unpaired) electrons. The third kappa shape index (κ3) is 2.24. The van der Waals surface area contributed by atoms with Crippen LogP contribution in [0.4, 0.5) is 0 Å². The van der Waals surface area contributed by atoms with Crippen LogP contribution in [0.3, 0.4) is 0 Å². The number of hydrogen-bond donors (Lipinski definition) is 0. The SMILES string of the molecule is CCCOC(=O)[C@H]1[C@H]2C=CC3(CN(C4CCCCC4)C(=O)[C@@H]13)O2. The van der Waals surface area contributed by atoms with E-state index in [0.717, 1.165) is 19.3 Å². The van der Waals surface area contributed by atoms with Crippen molar-refractivity contribution in [3.63, 3.8) is 0 Å². The molecule has 1 spiro atoms. The van der Waals surface area contributed by atoms with Crippen LogP contribution in [0.2, 0.25) is 0 Å². The molecule has 3 fully saturated rings. The highest BCUT2D eigenvalue weighted by molar-refractivity contribution is 5.91. The van der Waals surface area contributed by atoms with E-state index in [9.17, 15) is 9.59 Å². The molecule has 0 aromatic rings. The van der Waals surface area contributed by atoms with Gasteiger partial charge in [0.1, 0.15) is 11.5 Å². The molecular formula is C18H25NO4. The number of carbonyl (C=O) groups is 2. The zero-order chi connectivity index (χ0) is 16.0. The molecule has 0 aromatic heterocycles. The summed E-state index contributed by atoms with van der Waals surface area (Å²) in [5.41, 5.74) is -0.588. The number of likely N-dealkylation sites (tertiary alicyclic amines) is 1. The number of ether oxygens (including phenoxy) is 2. The molecule has 126 valence electrons. The van der Waals surface area contributed by atoms with Crippen LogP contribution < -0.4 is 0 Å². The number of amides is 1. The summed E-state index contributed by atoms with van der Waals surface area (Å²) >= 11 is 0. The van der Waals surface area contributed by atoms with E-state index in [0.29, 0.717) is 19.2 Å². The molecule has 3 heterocycles. The summed E-state index contributed by atoms with van der Waals surface area (Å²) in [6, 6.07) is 0.319. The Kier molecular flexibility index (Phi) is 3.71. The summed E-state index contributed by atoms with van der Waals surface area (Å²) in [5, 5.41) is 0. The van der Waals surface area contributed by atoms with Gasteiger partial charge in [-0.2, -0.15) is 0 Å². The summed E-state index contributed by atoms with van der Waals surface area (Å²) in [5.74, 6) is -1.02. The Hall–Kier alpha value is -1.36. The van der Waals surface area contributed by atoms with Crippen molar-refractivity contribution < 1.29 is 19.1 Å². The van der Waals surface area contributed by atoms with Crippen molar-refractivity contribution >= 4 is 11.9 Å². The molecule has 1 saturated carbocycles. The normalized spacial score (nSPS) is 39.1. The Morgan fingerprint density at radius 2 is 2.17 bits per heavy atom. The van der Waals surface area contributed by atoms with Crippen molar-refractivity contribution in [2.75, 3.05) is 13.2 Å². The second-order valence-electron chi connectivity index (χ2n) is 7.33. The first-order valence-corrected chi connectivity index (χ1v) is 9.00. The minimum absolute atomic E-state index is 0.0993. The summed E-state index contributed by atoms with van der Waals surface area (Å²) < 4.78 is 11.5. The van der Waals surface area contributed by atoms with Crippen LogP contribution >= 0.6 is 0 Å². The monoisotopic (exact) mass is 319 g/mol. The van der Waals surface area contributed by atoms with Gasteiger partial charge in [-0.25, -0.2) is 0 Å². The van der Waals surface area contributed by atoms with Gasteiger partial charge in [0.25, 0.3) is 0 Å². The molecule has 3 aliphatic heterocycles. The predicted molar refractivity (Wildman–Crippen MR) is 83.6 cm³/mol. The minimum Gasteiger partial charge on any atom is -0.465 e. The number of hydrogen-bond acceptors (Lipinski definition) is 4. The van der Waals surface area contributed by atoms with Crippen molar-refractivity contribution in [2.45, 2.75) is 63.2 Å². The van der Waals surface area contributed by atoms with Gasteiger partial charge >= 0.3 is 5.97 Å². The Morgan fingerprint density at radius 1 is 1.39 bits per heavy atom. The lowest BCUT2D eigenvalue weighted by atomic mass is 9.77. The Morgan fingerprint density at radius 3 is 2.91 bits per heavy atom. The second kappa shape index (κ2) is 5.62. The van der Waals surface area contributed by atoms with Crippen molar-refractivity contribution in [1.29, 1.82) is 0 Å². The van der Waals surface area contributed by atoms with E-state index < -0.39 is 11.5 Å². The molecule has 4 rings (SSSR count). The van der Waals surface area contributed by atoms with E-state index in [-0.39, 0.29) is 23.9 Å². The quantitative estimate of drug-likeness (QED) is 0.588. The average Bonchev–Trinajstić information content (AvgIpc) is 3.22. The summed E-state index contributed by atoms with van der Waals surface area (Å²) in [6.07, 6.45) is 10.3. The van der Waals surface area contributed by atoms with Crippen LogP contribution in [-0.2, 0) is 19.1 Å². The summed E-state index contributed by atoms with van der Waals surface area (Å²) in [4.78, 5) is 27.5. The Bertz CT molecular complexity index is 539. The second-order valence-corrected chi connectivity index (χ2v) is 7.33. The first-order valence-electron chi connectivity index (χ1n) is 9.00. The first-order chi connectivity index (χ1) is 11.2. The minimum atomic E-state index is -0.588. The number of carbonyl (C=O) groups excluding carboxylic acids is 2. The summed E-state index contributed by atoms with van der Waals surface area (Å²) in [6.45, 7) is 2.98. The lowest BCUT2D eigenvalue weighted by molar-refractivity contribution is -0.154. The van der Waals surface area contributed by atoms with Crippen LogP contribution in [0.25, 0.3) is 0 Å². The van der Waals surface area contributed by atoms with Crippen molar-refractivity contribution in [2.24, 2.45) is 11.8 Å². The van der Waals surface area contributed by atoms with E-state index in [1.54, 1.807) is 0 Å². The van der Waals surface area contributed by atoms with Gasteiger partial charge in [0.05, 0.1) is 25.2 Å². The molecule has 1 unspecified atom stereocenters. The highest BCUT2D eigenvalue weighted by Gasteiger charge is 2.67. The van der Waals surface area contributed by atoms with Gasteiger partial charge in [-0.05, 0) is 19.3 Å². The summed E-state index contributed by atoms with van der Waals surface area (Å²) in [7, 11) is 0. The maximum Gasteiger partial charge on any atom is 0.312 e. The van der Waals surface area contributed by atoms with Gasteiger partial charge in [0.15, 0.2) is 0 Å². The molecular weight excluding hydrogens is 294 g/mol. The molecule has 0 aromatic carbocycles. The van der Waals surface area contributed by atoms with Crippen LogP contribution in [0.15, 0.2) is 12.2 Å². The maximum absolute atomic E-state index is 13.1. The van der Waals surface area contributed by atoms with Gasteiger partial charge in [-0.15, -0.1) is 0 Å². The van der Waals surface area contributed by atoms with Crippen LogP contribution in [0.5, 0.6) is 0 Å². The third-order valence-corrected chi connectivity index (χ3v) is 5.87. The largest absolute Gasteiger partial charge is 0.465 e. The fourth-order valence-electron chi connectivity index (χ4n) is 4.80. The van der Waals surface area contributed by atoms with E-state index >= 15 is 0 Å². The third-order valence-electron chi connectivity index (χ3n) is 5.87. The van der Waals surface area contributed by atoms with E-state index in [2.05, 4.69) is 0 Å².